The number of amides is 1. The van der Waals surface area contributed by atoms with Gasteiger partial charge in [-0.15, -0.1) is 0 Å². The van der Waals surface area contributed by atoms with Crippen LogP contribution in [0, 0.1) is 11.8 Å². The summed E-state index contributed by atoms with van der Waals surface area (Å²) in [6, 6.07) is 0.770. The largest absolute Gasteiger partial charge is 0.444 e. The first kappa shape index (κ1) is 20.9. The second-order valence-electron chi connectivity index (χ2n) is 10.2. The molecule has 27 heavy (non-hydrogen) atoms. The molecule has 156 valence electrons. The maximum absolute atomic E-state index is 12.3. The summed E-state index contributed by atoms with van der Waals surface area (Å²) in [6.07, 6.45) is 7.85. The average Bonchev–Trinajstić information content (AvgIpc) is 3.04. The van der Waals surface area contributed by atoms with Gasteiger partial charge in [0.05, 0.1) is 0 Å². The monoisotopic (exact) mass is 379 g/mol. The fraction of sp³-hybridized carbons (Fsp3) is 0.955. The van der Waals surface area contributed by atoms with Crippen molar-refractivity contribution < 1.29 is 9.53 Å². The Labute approximate surface area is 166 Å². The van der Waals surface area contributed by atoms with Crippen molar-refractivity contribution in [2.75, 3.05) is 45.8 Å². The van der Waals surface area contributed by atoms with Crippen LogP contribution >= 0.6 is 0 Å². The predicted octanol–water partition coefficient (Wildman–Crippen LogP) is 3.83. The Hall–Kier alpha value is -0.810. The molecule has 0 N–H and O–H groups in total. The van der Waals surface area contributed by atoms with Gasteiger partial charge in [-0.1, -0.05) is 6.42 Å². The normalized spacial score (nSPS) is 31.3. The summed E-state index contributed by atoms with van der Waals surface area (Å²) < 4.78 is 5.54. The summed E-state index contributed by atoms with van der Waals surface area (Å²) in [4.78, 5) is 19.6. The number of hydrogen-bond acceptors (Lipinski definition) is 4. The van der Waals surface area contributed by atoms with Crippen LogP contribution in [0.1, 0.15) is 66.2 Å². The van der Waals surface area contributed by atoms with E-state index in [4.69, 9.17) is 4.74 Å². The highest BCUT2D eigenvalue weighted by molar-refractivity contribution is 5.68. The Morgan fingerprint density at radius 2 is 1.70 bits per heavy atom. The lowest BCUT2D eigenvalue weighted by atomic mass is 9.94. The molecule has 0 unspecified atom stereocenters. The lowest BCUT2D eigenvalue weighted by Gasteiger charge is -2.40. The molecule has 5 nitrogen and oxygen atoms in total. The van der Waals surface area contributed by atoms with Crippen LogP contribution in [0.4, 0.5) is 4.79 Å². The van der Waals surface area contributed by atoms with Gasteiger partial charge in [-0.2, -0.15) is 0 Å². The molecule has 3 fully saturated rings. The van der Waals surface area contributed by atoms with E-state index in [2.05, 4.69) is 16.7 Å². The highest BCUT2D eigenvalue weighted by atomic mass is 16.6. The molecule has 5 heteroatoms. The maximum atomic E-state index is 12.3. The molecule has 3 aliphatic heterocycles. The van der Waals surface area contributed by atoms with Gasteiger partial charge in [-0.05, 0) is 84.7 Å². The summed E-state index contributed by atoms with van der Waals surface area (Å²) in [5.41, 5.74) is -0.402. The number of carbonyl (C=O) groups excluding carboxylic acids is 1. The molecule has 1 amide bonds. The van der Waals surface area contributed by atoms with Crippen molar-refractivity contribution >= 4 is 6.09 Å². The molecule has 0 aromatic heterocycles. The molecule has 3 aliphatic rings. The van der Waals surface area contributed by atoms with Gasteiger partial charge in [0.1, 0.15) is 5.60 Å². The molecule has 0 radical (unpaired) electrons. The zero-order valence-electron chi connectivity index (χ0n) is 18.1. The Balaban J connectivity index is 1.42. The van der Waals surface area contributed by atoms with E-state index in [-0.39, 0.29) is 6.09 Å². The summed E-state index contributed by atoms with van der Waals surface area (Å²) in [6.45, 7) is 16.1. The van der Waals surface area contributed by atoms with Crippen LogP contribution in [0.2, 0.25) is 0 Å². The predicted molar refractivity (Wildman–Crippen MR) is 110 cm³/mol. The highest BCUT2D eigenvalue weighted by Gasteiger charge is 2.32. The Kier molecular flexibility index (Phi) is 7.07. The molecule has 0 aromatic carbocycles. The second kappa shape index (κ2) is 9.13. The van der Waals surface area contributed by atoms with Crippen molar-refractivity contribution in [2.45, 2.75) is 77.9 Å². The minimum atomic E-state index is -0.402. The van der Waals surface area contributed by atoms with Crippen LogP contribution < -0.4 is 0 Å². The van der Waals surface area contributed by atoms with Crippen molar-refractivity contribution in [3.05, 3.63) is 0 Å². The van der Waals surface area contributed by atoms with Gasteiger partial charge in [-0.25, -0.2) is 4.79 Å². The Bertz CT molecular complexity index is 490. The van der Waals surface area contributed by atoms with Crippen molar-refractivity contribution in [1.82, 2.24) is 14.7 Å². The molecule has 0 aliphatic carbocycles. The third kappa shape index (κ3) is 6.35. The molecular formula is C22H41N3O2. The van der Waals surface area contributed by atoms with Gasteiger partial charge in [0.15, 0.2) is 0 Å². The summed E-state index contributed by atoms with van der Waals surface area (Å²) in [5.74, 6) is 1.42. The van der Waals surface area contributed by atoms with E-state index < -0.39 is 5.60 Å². The zero-order valence-corrected chi connectivity index (χ0v) is 18.1. The van der Waals surface area contributed by atoms with Crippen LogP contribution in [0.3, 0.4) is 0 Å². The van der Waals surface area contributed by atoms with Crippen LogP contribution in [0.25, 0.3) is 0 Å². The number of carbonyl (C=O) groups is 1. The number of rotatable bonds is 4. The molecule has 0 aromatic rings. The van der Waals surface area contributed by atoms with Crippen LogP contribution in [-0.4, -0.2) is 78.2 Å². The molecule has 0 bridgehead atoms. The van der Waals surface area contributed by atoms with Crippen molar-refractivity contribution in [2.24, 2.45) is 11.8 Å². The van der Waals surface area contributed by atoms with Gasteiger partial charge in [0, 0.05) is 38.8 Å². The Morgan fingerprint density at radius 3 is 2.44 bits per heavy atom. The molecule has 3 atom stereocenters. The van der Waals surface area contributed by atoms with Gasteiger partial charge in [0.25, 0.3) is 0 Å². The highest BCUT2D eigenvalue weighted by Crippen LogP contribution is 2.25. The van der Waals surface area contributed by atoms with Crippen molar-refractivity contribution in [3.8, 4) is 0 Å². The van der Waals surface area contributed by atoms with E-state index in [9.17, 15) is 4.79 Å². The number of piperidine rings is 2. The second-order valence-corrected chi connectivity index (χ2v) is 10.2. The van der Waals surface area contributed by atoms with Gasteiger partial charge in [-0.3, -0.25) is 0 Å². The zero-order chi connectivity index (χ0) is 19.4. The third-order valence-corrected chi connectivity index (χ3v) is 6.49. The van der Waals surface area contributed by atoms with Gasteiger partial charge < -0.3 is 19.4 Å². The molecule has 3 saturated heterocycles. The number of ether oxygens (including phenoxy) is 1. The minimum absolute atomic E-state index is 0.138. The van der Waals surface area contributed by atoms with E-state index in [0.717, 1.165) is 38.0 Å². The SMILES string of the molecule is C[C@@H]1CCCCN1C[C@@H]1CCCN(C[C@@H]2CCN(C(=O)OC(C)(C)C)C2)C1. The lowest BCUT2D eigenvalue weighted by molar-refractivity contribution is 0.0282. The first-order valence-corrected chi connectivity index (χ1v) is 11.2. The van der Waals surface area contributed by atoms with E-state index in [1.807, 2.05) is 25.7 Å². The third-order valence-electron chi connectivity index (χ3n) is 6.49. The van der Waals surface area contributed by atoms with E-state index in [1.165, 1.54) is 58.3 Å². The molecule has 0 saturated carbocycles. The number of hydrogen-bond donors (Lipinski definition) is 0. The summed E-state index contributed by atoms with van der Waals surface area (Å²) in [5, 5.41) is 0. The standard InChI is InChI=1S/C22H41N3O2/c1-18-8-5-6-12-24(18)16-19-9-7-11-23(14-19)15-20-10-13-25(17-20)21(26)27-22(2,3)4/h18-20H,5-17H2,1-4H3/t18-,19-,20+/m1/s1. The quantitative estimate of drug-likeness (QED) is 0.744. The summed E-state index contributed by atoms with van der Waals surface area (Å²) in [7, 11) is 0. The fourth-order valence-corrected chi connectivity index (χ4v) is 5.07. The van der Waals surface area contributed by atoms with E-state index in [1.54, 1.807) is 0 Å². The van der Waals surface area contributed by atoms with Crippen LogP contribution in [-0.2, 0) is 4.74 Å². The minimum Gasteiger partial charge on any atom is -0.444 e. The topological polar surface area (TPSA) is 36.0 Å². The smallest absolute Gasteiger partial charge is 0.410 e. The first-order valence-electron chi connectivity index (χ1n) is 11.2. The number of nitrogens with zero attached hydrogens (tertiary/aromatic N) is 3. The molecule has 0 spiro atoms. The van der Waals surface area contributed by atoms with Gasteiger partial charge >= 0.3 is 6.09 Å². The Morgan fingerprint density at radius 1 is 0.926 bits per heavy atom. The molecule has 3 heterocycles. The first-order chi connectivity index (χ1) is 12.8. The van der Waals surface area contributed by atoms with Gasteiger partial charge in [0.2, 0.25) is 0 Å². The van der Waals surface area contributed by atoms with E-state index in [0.29, 0.717) is 5.92 Å². The van der Waals surface area contributed by atoms with Crippen LogP contribution in [0.15, 0.2) is 0 Å². The summed E-state index contributed by atoms with van der Waals surface area (Å²) >= 11 is 0. The lowest BCUT2D eigenvalue weighted by Crippen LogP contribution is -2.46. The van der Waals surface area contributed by atoms with Crippen molar-refractivity contribution in [3.63, 3.8) is 0 Å². The molecular weight excluding hydrogens is 338 g/mol. The maximum Gasteiger partial charge on any atom is 0.410 e. The van der Waals surface area contributed by atoms with Crippen molar-refractivity contribution in [1.29, 1.82) is 0 Å². The average molecular weight is 380 g/mol. The number of likely N-dealkylation sites (tertiary alicyclic amines) is 3. The fourth-order valence-electron chi connectivity index (χ4n) is 5.07. The van der Waals surface area contributed by atoms with Crippen LogP contribution in [0.5, 0.6) is 0 Å². The molecule has 3 rings (SSSR count). The van der Waals surface area contributed by atoms with E-state index >= 15 is 0 Å².